The maximum absolute atomic E-state index is 12.5. The Morgan fingerprint density at radius 3 is 2.48 bits per heavy atom. The van der Waals surface area contributed by atoms with E-state index in [1.54, 1.807) is 0 Å². The van der Waals surface area contributed by atoms with Gasteiger partial charge < -0.3 is 10.6 Å². The van der Waals surface area contributed by atoms with Crippen molar-refractivity contribution in [2.24, 2.45) is 11.7 Å². The Bertz CT molecular complexity index is 273. The lowest BCUT2D eigenvalue weighted by Crippen LogP contribution is -2.45. The summed E-state index contributed by atoms with van der Waals surface area (Å²) in [4.78, 5) is 17.0. The number of hydrogen-bond donors (Lipinski definition) is 1. The number of nitrogens with zero attached hydrogens (tertiary/aromatic N) is 2. The van der Waals surface area contributed by atoms with Crippen LogP contribution in [0.1, 0.15) is 58.8 Å². The molecule has 1 heterocycles. The lowest BCUT2D eigenvalue weighted by atomic mass is 9.95. The molecule has 2 N–H and O–H groups in total. The molecule has 1 rings (SSSR count). The zero-order valence-electron chi connectivity index (χ0n) is 14.1. The van der Waals surface area contributed by atoms with E-state index in [1.807, 2.05) is 0 Å². The van der Waals surface area contributed by atoms with Gasteiger partial charge in [-0.15, -0.1) is 0 Å². The van der Waals surface area contributed by atoms with Crippen molar-refractivity contribution in [1.29, 1.82) is 0 Å². The summed E-state index contributed by atoms with van der Waals surface area (Å²) in [6.07, 6.45) is 8.12. The summed E-state index contributed by atoms with van der Waals surface area (Å²) in [5.74, 6) is 1.02. The second kappa shape index (κ2) is 11.0. The second-order valence-corrected chi connectivity index (χ2v) is 6.41. The third-order valence-corrected chi connectivity index (χ3v) is 4.45. The van der Waals surface area contributed by atoms with E-state index in [9.17, 15) is 4.79 Å². The highest BCUT2D eigenvalue weighted by molar-refractivity contribution is 5.78. The minimum atomic E-state index is 0.324. The third-order valence-electron chi connectivity index (χ3n) is 4.45. The van der Waals surface area contributed by atoms with Gasteiger partial charge in [0.2, 0.25) is 5.91 Å². The van der Waals surface area contributed by atoms with Gasteiger partial charge in [0.15, 0.2) is 0 Å². The van der Waals surface area contributed by atoms with Crippen LogP contribution in [-0.2, 0) is 4.79 Å². The van der Waals surface area contributed by atoms with Gasteiger partial charge in [-0.25, -0.2) is 0 Å². The van der Waals surface area contributed by atoms with E-state index in [2.05, 4.69) is 23.6 Å². The average molecular weight is 297 g/mol. The molecule has 21 heavy (non-hydrogen) atoms. The molecule has 1 aliphatic rings. The number of likely N-dealkylation sites (tertiary alicyclic amines) is 1. The van der Waals surface area contributed by atoms with Crippen LogP contribution in [0.3, 0.4) is 0 Å². The monoisotopic (exact) mass is 297 g/mol. The summed E-state index contributed by atoms with van der Waals surface area (Å²) < 4.78 is 0. The van der Waals surface area contributed by atoms with Gasteiger partial charge in [0.1, 0.15) is 0 Å². The Kier molecular flexibility index (Phi) is 9.68. The number of nitrogens with two attached hydrogens (primary N) is 1. The maximum atomic E-state index is 12.5. The van der Waals surface area contributed by atoms with E-state index in [0.29, 0.717) is 18.4 Å². The molecule has 0 aromatic heterocycles. The zero-order chi connectivity index (χ0) is 15.5. The minimum absolute atomic E-state index is 0.324. The molecule has 1 amide bonds. The van der Waals surface area contributed by atoms with Crippen molar-refractivity contribution in [3.8, 4) is 0 Å². The van der Waals surface area contributed by atoms with Crippen LogP contribution in [0, 0.1) is 5.92 Å². The topological polar surface area (TPSA) is 49.6 Å². The van der Waals surface area contributed by atoms with Crippen LogP contribution >= 0.6 is 0 Å². The van der Waals surface area contributed by atoms with Gasteiger partial charge in [-0.3, -0.25) is 9.69 Å². The summed E-state index contributed by atoms with van der Waals surface area (Å²) in [7, 11) is 0. The number of amides is 1. The molecule has 1 aliphatic heterocycles. The Labute approximate surface area is 131 Å². The van der Waals surface area contributed by atoms with Gasteiger partial charge in [-0.1, -0.05) is 26.7 Å². The number of carbonyl (C=O) groups is 1. The van der Waals surface area contributed by atoms with Crippen LogP contribution in [0.4, 0.5) is 0 Å². The van der Waals surface area contributed by atoms with Crippen molar-refractivity contribution in [3.05, 3.63) is 0 Å². The summed E-state index contributed by atoms with van der Waals surface area (Å²) in [6, 6.07) is 0. The number of piperidine rings is 1. The molecule has 0 saturated carbocycles. The van der Waals surface area contributed by atoms with Gasteiger partial charge in [0.25, 0.3) is 0 Å². The Morgan fingerprint density at radius 1 is 1.24 bits per heavy atom. The highest BCUT2D eigenvalue weighted by atomic mass is 16.2. The maximum Gasteiger partial charge on any atom is 0.236 e. The molecule has 1 fully saturated rings. The van der Waals surface area contributed by atoms with Crippen LogP contribution in [0.5, 0.6) is 0 Å². The van der Waals surface area contributed by atoms with Crippen molar-refractivity contribution < 1.29 is 4.79 Å². The van der Waals surface area contributed by atoms with Crippen molar-refractivity contribution in [2.45, 2.75) is 58.8 Å². The minimum Gasteiger partial charge on any atom is -0.342 e. The van der Waals surface area contributed by atoms with E-state index in [0.717, 1.165) is 64.8 Å². The molecule has 0 bridgehead atoms. The van der Waals surface area contributed by atoms with Crippen molar-refractivity contribution in [2.75, 3.05) is 39.3 Å². The Hall–Kier alpha value is -0.610. The Morgan fingerprint density at radius 2 is 1.90 bits per heavy atom. The number of hydrogen-bond acceptors (Lipinski definition) is 3. The van der Waals surface area contributed by atoms with Gasteiger partial charge in [-0.05, 0) is 51.1 Å². The normalized spacial score (nSPS) is 19.7. The zero-order valence-corrected chi connectivity index (χ0v) is 14.1. The highest BCUT2D eigenvalue weighted by Gasteiger charge is 2.23. The molecule has 0 aromatic rings. The van der Waals surface area contributed by atoms with E-state index in [1.165, 1.54) is 12.8 Å². The fraction of sp³-hybridized carbons (Fsp3) is 0.941. The first-order valence-electron chi connectivity index (χ1n) is 8.91. The van der Waals surface area contributed by atoms with Gasteiger partial charge >= 0.3 is 0 Å². The quantitative estimate of drug-likeness (QED) is 0.674. The molecule has 4 heteroatoms. The van der Waals surface area contributed by atoms with Crippen molar-refractivity contribution in [1.82, 2.24) is 9.80 Å². The third kappa shape index (κ3) is 7.28. The van der Waals surface area contributed by atoms with E-state index in [-0.39, 0.29) is 0 Å². The van der Waals surface area contributed by atoms with E-state index in [4.69, 9.17) is 5.73 Å². The second-order valence-electron chi connectivity index (χ2n) is 6.41. The standard InChI is InChI=1S/C17H35N3O/c1-3-5-12-20(13-6-4-2)17(21)15-19-11-7-8-16(14-19)9-10-18/h16H,3-15,18H2,1-2H3. The summed E-state index contributed by atoms with van der Waals surface area (Å²) >= 11 is 0. The summed E-state index contributed by atoms with van der Waals surface area (Å²) in [6.45, 7) is 9.72. The fourth-order valence-electron chi connectivity index (χ4n) is 3.12. The SMILES string of the molecule is CCCCN(CCCC)C(=O)CN1CCCC(CCN)C1. The largest absolute Gasteiger partial charge is 0.342 e. The Balaban J connectivity index is 2.42. The average Bonchev–Trinajstić information content (AvgIpc) is 2.48. The molecule has 0 radical (unpaired) electrons. The molecule has 0 spiro atoms. The lowest BCUT2D eigenvalue weighted by Gasteiger charge is -2.33. The van der Waals surface area contributed by atoms with Crippen LogP contribution < -0.4 is 5.73 Å². The lowest BCUT2D eigenvalue weighted by molar-refractivity contribution is -0.133. The van der Waals surface area contributed by atoms with Gasteiger partial charge in [0.05, 0.1) is 6.54 Å². The molecule has 1 unspecified atom stereocenters. The first-order valence-corrected chi connectivity index (χ1v) is 8.91. The fourth-order valence-corrected chi connectivity index (χ4v) is 3.12. The van der Waals surface area contributed by atoms with Crippen molar-refractivity contribution >= 4 is 5.91 Å². The van der Waals surface area contributed by atoms with E-state index < -0.39 is 0 Å². The molecular formula is C17H35N3O. The number of unbranched alkanes of at least 4 members (excludes halogenated alkanes) is 2. The predicted molar refractivity (Wildman–Crippen MR) is 89.2 cm³/mol. The molecule has 0 aliphatic carbocycles. The van der Waals surface area contributed by atoms with E-state index >= 15 is 0 Å². The molecule has 124 valence electrons. The van der Waals surface area contributed by atoms with Gasteiger partial charge in [-0.2, -0.15) is 0 Å². The molecule has 1 atom stereocenters. The predicted octanol–water partition coefficient (Wildman–Crippen LogP) is 2.48. The smallest absolute Gasteiger partial charge is 0.236 e. The number of carbonyl (C=O) groups excluding carboxylic acids is 1. The van der Waals surface area contributed by atoms with Crippen molar-refractivity contribution in [3.63, 3.8) is 0 Å². The summed E-state index contributed by atoms with van der Waals surface area (Å²) in [5, 5.41) is 0. The molecule has 4 nitrogen and oxygen atoms in total. The number of rotatable bonds is 10. The molecule has 1 saturated heterocycles. The van der Waals surface area contributed by atoms with Crippen LogP contribution in [0.25, 0.3) is 0 Å². The van der Waals surface area contributed by atoms with Crippen LogP contribution in [0.2, 0.25) is 0 Å². The molecule has 0 aromatic carbocycles. The summed E-state index contributed by atoms with van der Waals surface area (Å²) in [5.41, 5.74) is 5.67. The first-order chi connectivity index (χ1) is 10.2. The van der Waals surface area contributed by atoms with Gasteiger partial charge in [0, 0.05) is 19.6 Å². The molecular weight excluding hydrogens is 262 g/mol. The first kappa shape index (κ1) is 18.4. The highest BCUT2D eigenvalue weighted by Crippen LogP contribution is 2.19. The van der Waals surface area contributed by atoms with Crippen LogP contribution in [-0.4, -0.2) is 55.0 Å². The van der Waals surface area contributed by atoms with Crippen LogP contribution in [0.15, 0.2) is 0 Å².